The summed E-state index contributed by atoms with van der Waals surface area (Å²) in [7, 11) is 0. The molecule has 142 valence electrons. The molecule has 0 bridgehead atoms. The van der Waals surface area contributed by atoms with Crippen molar-refractivity contribution in [3.63, 3.8) is 0 Å². The van der Waals surface area contributed by atoms with Gasteiger partial charge < -0.3 is 35.0 Å². The van der Waals surface area contributed by atoms with E-state index in [1.54, 1.807) is 0 Å². The van der Waals surface area contributed by atoms with E-state index in [4.69, 9.17) is 19.7 Å². The van der Waals surface area contributed by atoms with Gasteiger partial charge in [0.25, 0.3) is 11.7 Å². The van der Waals surface area contributed by atoms with Gasteiger partial charge in [-0.2, -0.15) is 0 Å². The lowest BCUT2D eigenvalue weighted by Crippen LogP contribution is -2.53. The third kappa shape index (κ3) is 4.20. The molecule has 2 rings (SSSR count). The number of nitrogens with one attached hydrogen (secondary N) is 1. The second-order valence-corrected chi connectivity index (χ2v) is 5.61. The number of amides is 2. The first-order chi connectivity index (χ1) is 12.1. The van der Waals surface area contributed by atoms with E-state index in [9.17, 15) is 29.1 Å². The maximum absolute atomic E-state index is 12.0. The van der Waals surface area contributed by atoms with Gasteiger partial charge in [-0.15, -0.1) is 0 Å². The van der Waals surface area contributed by atoms with Crippen molar-refractivity contribution < 1.29 is 48.8 Å². The number of ether oxygens (including phenoxy) is 2. The fourth-order valence-corrected chi connectivity index (χ4v) is 2.53. The molecule has 0 unspecified atom stereocenters. The van der Waals surface area contributed by atoms with Crippen LogP contribution in [0.4, 0.5) is 0 Å². The van der Waals surface area contributed by atoms with Crippen LogP contribution in [-0.2, 0) is 33.4 Å². The minimum atomic E-state index is -1.59. The molecule has 0 saturated carbocycles. The van der Waals surface area contributed by atoms with Crippen LogP contribution in [0.5, 0.6) is 0 Å². The van der Waals surface area contributed by atoms with Gasteiger partial charge in [0, 0.05) is 25.9 Å². The SMILES string of the molecule is O=C(O)CNC(=O)C1=C(O)OC2(CCN(C(=O)CC(=O)O)CC2)OC1=O. The van der Waals surface area contributed by atoms with Crippen LogP contribution in [0.2, 0.25) is 0 Å². The van der Waals surface area contributed by atoms with E-state index in [1.165, 1.54) is 4.90 Å². The minimum absolute atomic E-state index is 0.0210. The zero-order chi connectivity index (χ0) is 19.5. The number of piperidine rings is 1. The van der Waals surface area contributed by atoms with Crippen LogP contribution in [0, 0.1) is 0 Å². The van der Waals surface area contributed by atoms with E-state index in [0.29, 0.717) is 0 Å². The molecule has 2 heterocycles. The summed E-state index contributed by atoms with van der Waals surface area (Å²) in [5.41, 5.74) is -0.860. The van der Waals surface area contributed by atoms with E-state index in [-0.39, 0.29) is 25.9 Å². The maximum Gasteiger partial charge on any atom is 0.354 e. The molecule has 0 aliphatic carbocycles. The van der Waals surface area contributed by atoms with Crippen LogP contribution in [0.25, 0.3) is 0 Å². The number of aliphatic hydroxyl groups excluding tert-OH is 1. The molecule has 1 saturated heterocycles. The van der Waals surface area contributed by atoms with Crippen molar-refractivity contribution >= 4 is 29.7 Å². The van der Waals surface area contributed by atoms with Crippen LogP contribution in [0.1, 0.15) is 19.3 Å². The second-order valence-electron chi connectivity index (χ2n) is 5.61. The Kier molecular flexibility index (Phi) is 5.33. The molecule has 12 heteroatoms. The first kappa shape index (κ1) is 19.0. The predicted octanol–water partition coefficient (Wildman–Crippen LogP) is -1.68. The lowest BCUT2D eigenvalue weighted by atomic mass is 10.0. The quantitative estimate of drug-likeness (QED) is 0.247. The normalized spacial score (nSPS) is 18.8. The number of carbonyl (C=O) groups excluding carboxylic acids is 3. The highest BCUT2D eigenvalue weighted by Crippen LogP contribution is 2.35. The molecule has 2 aliphatic heterocycles. The maximum atomic E-state index is 12.0. The van der Waals surface area contributed by atoms with Crippen molar-refractivity contribution in [2.45, 2.75) is 25.0 Å². The summed E-state index contributed by atoms with van der Waals surface area (Å²) in [5.74, 6) is -8.18. The number of hydrogen-bond donors (Lipinski definition) is 4. The Balaban J connectivity index is 2.03. The molecule has 4 N–H and O–H groups in total. The average Bonchev–Trinajstić information content (AvgIpc) is 2.52. The highest BCUT2D eigenvalue weighted by Gasteiger charge is 2.48. The zero-order valence-electron chi connectivity index (χ0n) is 13.4. The number of hydrogen-bond acceptors (Lipinski definition) is 8. The highest BCUT2D eigenvalue weighted by atomic mass is 16.8. The van der Waals surface area contributed by atoms with Crippen LogP contribution >= 0.6 is 0 Å². The van der Waals surface area contributed by atoms with Crippen molar-refractivity contribution in [3.05, 3.63) is 11.5 Å². The summed E-state index contributed by atoms with van der Waals surface area (Å²) in [5, 5.41) is 28.9. The van der Waals surface area contributed by atoms with Gasteiger partial charge in [0.1, 0.15) is 13.0 Å². The molecule has 26 heavy (non-hydrogen) atoms. The fourth-order valence-electron chi connectivity index (χ4n) is 2.53. The summed E-state index contributed by atoms with van der Waals surface area (Å²) in [4.78, 5) is 57.8. The summed E-state index contributed by atoms with van der Waals surface area (Å²) in [6, 6.07) is 0. The van der Waals surface area contributed by atoms with Crippen molar-refractivity contribution in [2.75, 3.05) is 19.6 Å². The van der Waals surface area contributed by atoms with Gasteiger partial charge >= 0.3 is 23.9 Å². The molecule has 2 amide bonds. The third-order valence-electron chi connectivity index (χ3n) is 3.79. The molecule has 1 spiro atoms. The van der Waals surface area contributed by atoms with Gasteiger partial charge in [-0.3, -0.25) is 19.2 Å². The van der Waals surface area contributed by atoms with E-state index in [2.05, 4.69) is 0 Å². The molecule has 12 nitrogen and oxygen atoms in total. The number of esters is 1. The topological polar surface area (TPSA) is 180 Å². The molecule has 0 atom stereocenters. The van der Waals surface area contributed by atoms with Gasteiger partial charge in [0.05, 0.1) is 0 Å². The van der Waals surface area contributed by atoms with Crippen molar-refractivity contribution in [1.29, 1.82) is 0 Å². The second kappa shape index (κ2) is 7.29. The molecular weight excluding hydrogens is 356 g/mol. The fraction of sp³-hybridized carbons (Fsp3) is 0.500. The summed E-state index contributed by atoms with van der Waals surface area (Å²) >= 11 is 0. The summed E-state index contributed by atoms with van der Waals surface area (Å²) < 4.78 is 10.3. The van der Waals surface area contributed by atoms with E-state index >= 15 is 0 Å². The molecule has 0 radical (unpaired) electrons. The van der Waals surface area contributed by atoms with Crippen molar-refractivity contribution in [2.24, 2.45) is 0 Å². The first-order valence-electron chi connectivity index (χ1n) is 7.49. The number of carbonyl (C=O) groups is 5. The summed E-state index contributed by atoms with van der Waals surface area (Å²) in [6.07, 6.45) is -0.761. The van der Waals surface area contributed by atoms with Crippen LogP contribution in [-0.4, -0.2) is 75.4 Å². The predicted molar refractivity (Wildman–Crippen MR) is 78.3 cm³/mol. The number of aliphatic hydroxyl groups is 1. The van der Waals surface area contributed by atoms with Gasteiger partial charge in [-0.05, 0) is 0 Å². The lowest BCUT2D eigenvalue weighted by molar-refractivity contribution is -0.252. The average molecular weight is 372 g/mol. The number of aliphatic carboxylic acids is 2. The van der Waals surface area contributed by atoms with Gasteiger partial charge in [0.2, 0.25) is 11.5 Å². The number of likely N-dealkylation sites (tertiary alicyclic amines) is 1. The Morgan fingerprint density at radius 3 is 2.19 bits per heavy atom. The minimum Gasteiger partial charge on any atom is -0.481 e. The molecule has 0 aromatic carbocycles. The number of rotatable bonds is 5. The molecular formula is C14H16N2O10. The molecule has 0 aromatic rings. The van der Waals surface area contributed by atoms with Crippen LogP contribution in [0.3, 0.4) is 0 Å². The van der Waals surface area contributed by atoms with Crippen molar-refractivity contribution in [1.82, 2.24) is 10.2 Å². The number of carboxylic acid groups (broad SMARTS) is 2. The van der Waals surface area contributed by atoms with Gasteiger partial charge in [-0.1, -0.05) is 0 Å². The monoisotopic (exact) mass is 372 g/mol. The van der Waals surface area contributed by atoms with Crippen LogP contribution < -0.4 is 5.32 Å². The molecule has 0 aromatic heterocycles. The van der Waals surface area contributed by atoms with Gasteiger partial charge in [0.15, 0.2) is 0 Å². The Bertz CT molecular complexity index is 690. The van der Waals surface area contributed by atoms with Crippen LogP contribution in [0.15, 0.2) is 11.5 Å². The molecule has 1 fully saturated rings. The van der Waals surface area contributed by atoms with Crippen molar-refractivity contribution in [3.8, 4) is 0 Å². The Morgan fingerprint density at radius 2 is 1.69 bits per heavy atom. The Hall–Kier alpha value is -3.31. The largest absolute Gasteiger partial charge is 0.481 e. The van der Waals surface area contributed by atoms with E-state index < -0.39 is 60.0 Å². The van der Waals surface area contributed by atoms with E-state index in [0.717, 1.165) is 0 Å². The Labute approximate surface area is 146 Å². The number of nitrogens with zero attached hydrogens (tertiary/aromatic N) is 1. The lowest BCUT2D eigenvalue weighted by Gasteiger charge is -2.42. The van der Waals surface area contributed by atoms with E-state index in [1.807, 2.05) is 5.32 Å². The van der Waals surface area contributed by atoms with Gasteiger partial charge in [-0.25, -0.2) is 4.79 Å². The zero-order valence-corrected chi connectivity index (χ0v) is 13.4. The molecule has 2 aliphatic rings. The highest BCUT2D eigenvalue weighted by molar-refractivity contribution is 6.17. The third-order valence-corrected chi connectivity index (χ3v) is 3.79. The smallest absolute Gasteiger partial charge is 0.354 e. The first-order valence-corrected chi connectivity index (χ1v) is 7.49. The summed E-state index contributed by atoms with van der Waals surface area (Å²) in [6.45, 7) is -0.727. The number of carboxylic acids is 2. The Morgan fingerprint density at radius 1 is 1.08 bits per heavy atom. The standard InChI is InChI=1S/C14H16N2O10/c17-7(5-8(18)19)16-3-1-14(2-4-16)25-12(23)10(13(24)26-14)11(22)15-6-9(20)21/h23H,1-6H2,(H,15,22)(H,18,19)(H,20,21).